The number of methoxy groups -OCH3 is 1. The molecule has 2 aromatic rings. The number of anilines is 1. The summed E-state index contributed by atoms with van der Waals surface area (Å²) in [6, 6.07) is 5.79. The van der Waals surface area contributed by atoms with E-state index in [0.717, 1.165) is 22.7 Å². The molecule has 0 atom stereocenters. The Morgan fingerprint density at radius 3 is 2.88 bits per heavy atom. The number of nitrogens with zero attached hydrogens (tertiary/aromatic N) is 2. The summed E-state index contributed by atoms with van der Waals surface area (Å²) in [5.74, 6) is 0.731. The fourth-order valence-electron chi connectivity index (χ4n) is 1.41. The van der Waals surface area contributed by atoms with Crippen LogP contribution in [-0.4, -0.2) is 24.1 Å². The van der Waals surface area contributed by atoms with Crippen molar-refractivity contribution in [2.45, 2.75) is 0 Å². The molecule has 4 nitrogen and oxygen atoms in total. The first-order valence-corrected chi connectivity index (χ1v) is 4.96. The lowest BCUT2D eigenvalue weighted by molar-refractivity contribution is 0.413. The molecule has 0 aromatic carbocycles. The van der Waals surface area contributed by atoms with Gasteiger partial charge in [0.15, 0.2) is 0 Å². The van der Waals surface area contributed by atoms with Crippen LogP contribution < -0.4 is 10.1 Å². The first-order chi connectivity index (χ1) is 7.83. The third-order valence-electron chi connectivity index (χ3n) is 2.29. The molecule has 0 bridgehead atoms. The summed E-state index contributed by atoms with van der Waals surface area (Å²) in [5.41, 5.74) is 2.84. The van der Waals surface area contributed by atoms with E-state index in [-0.39, 0.29) is 0 Å². The Labute approximate surface area is 94.3 Å². The Balaban J connectivity index is 2.41. The minimum absolute atomic E-state index is 0.731. The number of aromatic nitrogens is 2. The molecule has 2 aromatic heterocycles. The van der Waals surface area contributed by atoms with Crippen LogP contribution in [0.4, 0.5) is 5.69 Å². The lowest BCUT2D eigenvalue weighted by Gasteiger charge is -2.05. The third-order valence-corrected chi connectivity index (χ3v) is 2.29. The predicted octanol–water partition coefficient (Wildman–Crippen LogP) is 2.19. The van der Waals surface area contributed by atoms with Crippen LogP contribution in [-0.2, 0) is 0 Å². The van der Waals surface area contributed by atoms with Crippen LogP contribution in [0.25, 0.3) is 11.3 Å². The van der Waals surface area contributed by atoms with E-state index in [1.165, 1.54) is 0 Å². The van der Waals surface area contributed by atoms with Crippen LogP contribution in [0, 0.1) is 0 Å². The topological polar surface area (TPSA) is 47.0 Å². The Kier molecular flexibility index (Phi) is 3.00. The molecule has 1 N–H and O–H groups in total. The second kappa shape index (κ2) is 4.61. The zero-order valence-corrected chi connectivity index (χ0v) is 9.27. The van der Waals surface area contributed by atoms with Gasteiger partial charge in [-0.1, -0.05) is 0 Å². The SMILES string of the molecule is CNc1ccnc(-c2cncc(OC)c2)c1. The van der Waals surface area contributed by atoms with Crippen molar-refractivity contribution in [3.63, 3.8) is 0 Å². The number of hydrogen-bond donors (Lipinski definition) is 1. The monoisotopic (exact) mass is 215 g/mol. The van der Waals surface area contributed by atoms with Crippen LogP contribution in [0.15, 0.2) is 36.8 Å². The lowest BCUT2D eigenvalue weighted by atomic mass is 10.2. The molecule has 0 amide bonds. The van der Waals surface area contributed by atoms with Gasteiger partial charge in [-0.2, -0.15) is 0 Å². The van der Waals surface area contributed by atoms with E-state index in [2.05, 4.69) is 15.3 Å². The Morgan fingerprint density at radius 2 is 2.12 bits per heavy atom. The van der Waals surface area contributed by atoms with Crippen LogP contribution >= 0.6 is 0 Å². The largest absolute Gasteiger partial charge is 0.495 e. The van der Waals surface area contributed by atoms with E-state index in [0.29, 0.717) is 0 Å². The van der Waals surface area contributed by atoms with E-state index in [1.807, 2.05) is 25.2 Å². The fourth-order valence-corrected chi connectivity index (χ4v) is 1.41. The van der Waals surface area contributed by atoms with Crippen LogP contribution in [0.5, 0.6) is 5.75 Å². The molecule has 0 spiro atoms. The Bertz CT molecular complexity index is 440. The Morgan fingerprint density at radius 1 is 1.25 bits per heavy atom. The molecule has 16 heavy (non-hydrogen) atoms. The molecular formula is C12H13N3O. The summed E-state index contributed by atoms with van der Waals surface area (Å²) in [4.78, 5) is 8.40. The zero-order chi connectivity index (χ0) is 11.4. The van der Waals surface area contributed by atoms with E-state index in [4.69, 9.17) is 4.74 Å². The van der Waals surface area contributed by atoms with Crippen LogP contribution in [0.2, 0.25) is 0 Å². The quantitative estimate of drug-likeness (QED) is 0.852. The summed E-state index contributed by atoms with van der Waals surface area (Å²) >= 11 is 0. The van der Waals surface area contributed by atoms with Gasteiger partial charge in [-0.15, -0.1) is 0 Å². The van der Waals surface area contributed by atoms with Crippen molar-refractivity contribution >= 4 is 5.69 Å². The van der Waals surface area contributed by atoms with Crippen molar-refractivity contribution in [1.29, 1.82) is 0 Å². The van der Waals surface area contributed by atoms with Gasteiger partial charge in [-0.3, -0.25) is 9.97 Å². The van der Waals surface area contributed by atoms with E-state index < -0.39 is 0 Å². The molecule has 0 unspecified atom stereocenters. The fraction of sp³-hybridized carbons (Fsp3) is 0.167. The number of pyridine rings is 2. The highest BCUT2D eigenvalue weighted by Gasteiger charge is 2.02. The molecule has 2 rings (SSSR count). The Hall–Kier alpha value is -2.10. The second-order valence-electron chi connectivity index (χ2n) is 3.29. The van der Waals surface area contributed by atoms with Gasteiger partial charge in [0.1, 0.15) is 5.75 Å². The van der Waals surface area contributed by atoms with Crippen molar-refractivity contribution in [2.24, 2.45) is 0 Å². The molecule has 0 radical (unpaired) electrons. The molecular weight excluding hydrogens is 202 g/mol. The normalized spacial score (nSPS) is 9.88. The van der Waals surface area contributed by atoms with Crippen molar-refractivity contribution in [1.82, 2.24) is 9.97 Å². The molecule has 0 saturated heterocycles. The molecule has 0 aliphatic heterocycles. The maximum Gasteiger partial charge on any atom is 0.137 e. The van der Waals surface area contributed by atoms with Gasteiger partial charge in [-0.25, -0.2) is 0 Å². The van der Waals surface area contributed by atoms with Crippen molar-refractivity contribution in [3.8, 4) is 17.0 Å². The van der Waals surface area contributed by atoms with Crippen molar-refractivity contribution in [3.05, 3.63) is 36.8 Å². The van der Waals surface area contributed by atoms with Crippen LogP contribution in [0.3, 0.4) is 0 Å². The maximum atomic E-state index is 5.13. The van der Waals surface area contributed by atoms with E-state index >= 15 is 0 Å². The summed E-state index contributed by atoms with van der Waals surface area (Å²) in [6.07, 6.45) is 5.20. The second-order valence-corrected chi connectivity index (χ2v) is 3.29. The molecule has 0 saturated carbocycles. The first-order valence-electron chi connectivity index (χ1n) is 4.96. The van der Waals surface area contributed by atoms with Crippen molar-refractivity contribution < 1.29 is 4.74 Å². The molecule has 2 heterocycles. The zero-order valence-electron chi connectivity index (χ0n) is 9.27. The van der Waals surface area contributed by atoms with Gasteiger partial charge in [0.05, 0.1) is 19.0 Å². The van der Waals surface area contributed by atoms with E-state index in [9.17, 15) is 0 Å². The maximum absolute atomic E-state index is 5.13. The summed E-state index contributed by atoms with van der Waals surface area (Å²) < 4.78 is 5.13. The molecule has 82 valence electrons. The van der Waals surface area contributed by atoms with Gasteiger partial charge >= 0.3 is 0 Å². The lowest BCUT2D eigenvalue weighted by Crippen LogP contribution is -1.91. The number of hydrogen-bond acceptors (Lipinski definition) is 4. The average molecular weight is 215 g/mol. The van der Waals surface area contributed by atoms with E-state index in [1.54, 1.807) is 25.7 Å². The molecule has 0 fully saturated rings. The molecule has 0 aliphatic rings. The standard InChI is InChI=1S/C12H13N3O/c1-13-10-3-4-15-12(6-10)9-5-11(16-2)8-14-7-9/h3-8H,1-2H3,(H,13,15). The highest BCUT2D eigenvalue weighted by Crippen LogP contribution is 2.22. The minimum atomic E-state index is 0.731. The van der Waals surface area contributed by atoms with Gasteiger partial charge < -0.3 is 10.1 Å². The average Bonchev–Trinajstić information content (AvgIpc) is 2.39. The highest BCUT2D eigenvalue weighted by atomic mass is 16.5. The first kappa shape index (κ1) is 10.4. The smallest absolute Gasteiger partial charge is 0.137 e. The highest BCUT2D eigenvalue weighted by molar-refractivity contribution is 5.64. The van der Waals surface area contributed by atoms with Crippen molar-refractivity contribution in [2.75, 3.05) is 19.5 Å². The third kappa shape index (κ3) is 2.11. The summed E-state index contributed by atoms with van der Waals surface area (Å²) in [6.45, 7) is 0. The molecule has 4 heteroatoms. The summed E-state index contributed by atoms with van der Waals surface area (Å²) in [5, 5.41) is 3.07. The number of rotatable bonds is 3. The van der Waals surface area contributed by atoms with Gasteiger partial charge in [0.25, 0.3) is 0 Å². The van der Waals surface area contributed by atoms with Crippen LogP contribution in [0.1, 0.15) is 0 Å². The van der Waals surface area contributed by atoms with Gasteiger partial charge in [0, 0.05) is 30.7 Å². The van der Waals surface area contributed by atoms with Gasteiger partial charge in [-0.05, 0) is 18.2 Å². The summed E-state index contributed by atoms with van der Waals surface area (Å²) in [7, 11) is 3.50. The minimum Gasteiger partial charge on any atom is -0.495 e. The number of nitrogens with one attached hydrogen (secondary N) is 1. The number of ether oxygens (including phenoxy) is 1. The molecule has 0 aliphatic carbocycles. The predicted molar refractivity (Wildman–Crippen MR) is 63.6 cm³/mol. The van der Waals surface area contributed by atoms with Gasteiger partial charge in [0.2, 0.25) is 0 Å².